The SMILES string of the molecule is COc1ccc(N([C@H](C)C(=O)Nc2ccc(Cl)cc2C)S(C)(=O)=O)cc1. The number of aryl methyl sites for hydroxylation is 1. The van der Waals surface area contributed by atoms with Gasteiger partial charge >= 0.3 is 0 Å². The second-order valence-electron chi connectivity index (χ2n) is 5.88. The molecule has 140 valence electrons. The highest BCUT2D eigenvalue weighted by Crippen LogP contribution is 2.25. The van der Waals surface area contributed by atoms with E-state index in [-0.39, 0.29) is 0 Å². The van der Waals surface area contributed by atoms with Gasteiger partial charge in [-0.05, 0) is 61.9 Å². The van der Waals surface area contributed by atoms with Crippen molar-refractivity contribution in [1.29, 1.82) is 0 Å². The Morgan fingerprint density at radius 1 is 1.19 bits per heavy atom. The lowest BCUT2D eigenvalue weighted by Crippen LogP contribution is -2.45. The summed E-state index contributed by atoms with van der Waals surface area (Å²) in [6.45, 7) is 3.34. The van der Waals surface area contributed by atoms with Crippen LogP contribution in [0.4, 0.5) is 11.4 Å². The minimum atomic E-state index is -3.68. The second kappa shape index (κ2) is 7.97. The number of nitrogens with one attached hydrogen (secondary N) is 1. The number of rotatable bonds is 6. The van der Waals surface area contributed by atoms with Crippen LogP contribution in [0.3, 0.4) is 0 Å². The van der Waals surface area contributed by atoms with E-state index in [2.05, 4.69) is 5.32 Å². The first-order valence-corrected chi connectivity index (χ1v) is 10.1. The molecule has 0 aromatic heterocycles. The lowest BCUT2D eigenvalue weighted by molar-refractivity contribution is -0.116. The Bertz CT molecular complexity index is 898. The van der Waals surface area contributed by atoms with Gasteiger partial charge in [-0.15, -0.1) is 0 Å². The Kier molecular flexibility index (Phi) is 6.15. The van der Waals surface area contributed by atoms with Crippen molar-refractivity contribution in [2.24, 2.45) is 0 Å². The molecular formula is C18H21ClN2O4S. The third-order valence-electron chi connectivity index (χ3n) is 3.86. The van der Waals surface area contributed by atoms with Crippen LogP contribution in [0, 0.1) is 6.92 Å². The molecule has 0 fully saturated rings. The average molecular weight is 397 g/mol. The Balaban J connectivity index is 2.30. The number of hydrogen-bond donors (Lipinski definition) is 1. The molecule has 1 amide bonds. The van der Waals surface area contributed by atoms with E-state index in [0.29, 0.717) is 22.1 Å². The van der Waals surface area contributed by atoms with Gasteiger partial charge in [-0.3, -0.25) is 9.10 Å². The largest absolute Gasteiger partial charge is 0.497 e. The molecule has 2 aromatic carbocycles. The van der Waals surface area contributed by atoms with Gasteiger partial charge in [0.05, 0.1) is 19.1 Å². The molecule has 0 radical (unpaired) electrons. The number of carbonyl (C=O) groups excluding carboxylic acids is 1. The number of sulfonamides is 1. The summed E-state index contributed by atoms with van der Waals surface area (Å²) in [5, 5.41) is 3.31. The number of carbonyl (C=O) groups is 1. The molecule has 0 unspecified atom stereocenters. The van der Waals surface area contributed by atoms with Gasteiger partial charge in [-0.1, -0.05) is 11.6 Å². The zero-order valence-electron chi connectivity index (χ0n) is 15.0. The fraction of sp³-hybridized carbons (Fsp3) is 0.278. The maximum absolute atomic E-state index is 12.7. The molecule has 0 aliphatic heterocycles. The van der Waals surface area contributed by atoms with Gasteiger partial charge in [0.25, 0.3) is 0 Å². The molecule has 1 N–H and O–H groups in total. The maximum Gasteiger partial charge on any atom is 0.248 e. The standard InChI is InChI=1S/C18H21ClN2O4S/c1-12-11-14(19)5-10-17(12)20-18(22)13(2)21(26(4,23)24)15-6-8-16(25-3)9-7-15/h5-11,13H,1-4H3,(H,20,22)/t13-/m1/s1. The van der Waals surface area contributed by atoms with Crippen molar-refractivity contribution in [2.45, 2.75) is 19.9 Å². The monoisotopic (exact) mass is 396 g/mol. The highest BCUT2D eigenvalue weighted by molar-refractivity contribution is 7.92. The van der Waals surface area contributed by atoms with Crippen molar-refractivity contribution in [1.82, 2.24) is 0 Å². The Morgan fingerprint density at radius 3 is 2.31 bits per heavy atom. The first-order valence-electron chi connectivity index (χ1n) is 7.84. The van der Waals surface area contributed by atoms with E-state index in [4.69, 9.17) is 16.3 Å². The van der Waals surface area contributed by atoms with Crippen molar-refractivity contribution in [3.8, 4) is 5.75 Å². The third kappa shape index (κ3) is 4.68. The number of benzene rings is 2. The van der Waals surface area contributed by atoms with E-state index in [0.717, 1.165) is 16.1 Å². The van der Waals surface area contributed by atoms with E-state index in [1.165, 1.54) is 14.0 Å². The molecule has 0 aliphatic rings. The molecule has 0 spiro atoms. The van der Waals surface area contributed by atoms with Crippen molar-refractivity contribution >= 4 is 38.9 Å². The molecule has 1 atom stereocenters. The summed E-state index contributed by atoms with van der Waals surface area (Å²) in [6.07, 6.45) is 1.06. The molecule has 0 bridgehead atoms. The number of nitrogens with zero attached hydrogens (tertiary/aromatic N) is 1. The number of halogens is 1. The van der Waals surface area contributed by atoms with E-state index in [9.17, 15) is 13.2 Å². The van der Waals surface area contributed by atoms with Gasteiger partial charge in [-0.25, -0.2) is 8.42 Å². The predicted molar refractivity (Wildman–Crippen MR) is 105 cm³/mol. The lowest BCUT2D eigenvalue weighted by atomic mass is 10.2. The van der Waals surface area contributed by atoms with Crippen LogP contribution in [0.5, 0.6) is 5.75 Å². The second-order valence-corrected chi connectivity index (χ2v) is 8.18. The normalized spacial score (nSPS) is 12.3. The molecule has 2 aromatic rings. The summed E-state index contributed by atoms with van der Waals surface area (Å²) in [7, 11) is -2.16. The summed E-state index contributed by atoms with van der Waals surface area (Å²) < 4.78 is 30.7. The predicted octanol–water partition coefficient (Wildman–Crippen LogP) is 3.45. The van der Waals surface area contributed by atoms with Gasteiger partial charge in [0.1, 0.15) is 11.8 Å². The van der Waals surface area contributed by atoms with Crippen LogP contribution in [0.15, 0.2) is 42.5 Å². The van der Waals surface area contributed by atoms with Crippen LogP contribution in [0.2, 0.25) is 5.02 Å². The molecule has 26 heavy (non-hydrogen) atoms. The van der Waals surface area contributed by atoms with Gasteiger partial charge in [-0.2, -0.15) is 0 Å². The van der Waals surface area contributed by atoms with Crippen LogP contribution in [-0.2, 0) is 14.8 Å². The van der Waals surface area contributed by atoms with Gasteiger partial charge in [0.15, 0.2) is 0 Å². The quantitative estimate of drug-likeness (QED) is 0.811. The van der Waals surface area contributed by atoms with Crippen molar-refractivity contribution in [3.63, 3.8) is 0 Å². The van der Waals surface area contributed by atoms with Gasteiger partial charge < -0.3 is 10.1 Å². The smallest absolute Gasteiger partial charge is 0.248 e. The fourth-order valence-corrected chi connectivity index (χ4v) is 3.94. The van der Waals surface area contributed by atoms with E-state index in [1.54, 1.807) is 42.5 Å². The first-order chi connectivity index (χ1) is 12.1. The van der Waals surface area contributed by atoms with Crippen LogP contribution in [-0.4, -0.2) is 33.7 Å². The van der Waals surface area contributed by atoms with Crippen LogP contribution in [0.25, 0.3) is 0 Å². The van der Waals surface area contributed by atoms with E-state index >= 15 is 0 Å². The third-order valence-corrected chi connectivity index (χ3v) is 5.34. The molecule has 0 saturated carbocycles. The summed E-state index contributed by atoms with van der Waals surface area (Å²) in [6, 6.07) is 10.6. The topological polar surface area (TPSA) is 75.7 Å². The van der Waals surface area contributed by atoms with Crippen LogP contribution in [0.1, 0.15) is 12.5 Å². The zero-order chi connectivity index (χ0) is 19.5. The zero-order valence-corrected chi connectivity index (χ0v) is 16.6. The summed E-state index contributed by atoms with van der Waals surface area (Å²) >= 11 is 5.92. The molecule has 0 heterocycles. The van der Waals surface area contributed by atoms with Gasteiger partial charge in [0.2, 0.25) is 15.9 Å². The maximum atomic E-state index is 12.7. The summed E-state index contributed by atoms with van der Waals surface area (Å²) in [5.74, 6) is 0.146. The minimum absolute atomic E-state index is 0.378. The van der Waals surface area contributed by atoms with Crippen molar-refractivity contribution in [2.75, 3.05) is 23.0 Å². The summed E-state index contributed by atoms with van der Waals surface area (Å²) in [4.78, 5) is 12.7. The Morgan fingerprint density at radius 2 is 1.81 bits per heavy atom. The molecule has 0 aliphatic carbocycles. The lowest BCUT2D eigenvalue weighted by Gasteiger charge is -2.28. The molecule has 0 saturated heterocycles. The first kappa shape index (κ1) is 20.1. The molecular weight excluding hydrogens is 376 g/mol. The Labute approximate surface area is 158 Å². The highest BCUT2D eigenvalue weighted by atomic mass is 35.5. The van der Waals surface area contributed by atoms with E-state index < -0.39 is 22.0 Å². The number of hydrogen-bond acceptors (Lipinski definition) is 4. The summed E-state index contributed by atoms with van der Waals surface area (Å²) in [5.41, 5.74) is 1.74. The van der Waals surface area contributed by atoms with Crippen LogP contribution < -0.4 is 14.4 Å². The van der Waals surface area contributed by atoms with Crippen LogP contribution >= 0.6 is 11.6 Å². The minimum Gasteiger partial charge on any atom is -0.497 e. The number of methoxy groups -OCH3 is 1. The van der Waals surface area contributed by atoms with Crippen molar-refractivity contribution < 1.29 is 17.9 Å². The number of ether oxygens (including phenoxy) is 1. The molecule has 6 nitrogen and oxygen atoms in total. The van der Waals surface area contributed by atoms with Gasteiger partial charge in [0, 0.05) is 10.7 Å². The Hall–Kier alpha value is -2.25. The fourth-order valence-electron chi connectivity index (χ4n) is 2.54. The number of amides is 1. The highest BCUT2D eigenvalue weighted by Gasteiger charge is 2.29. The molecule has 2 rings (SSSR count). The van der Waals surface area contributed by atoms with E-state index in [1.807, 2.05) is 6.92 Å². The van der Waals surface area contributed by atoms with Crippen molar-refractivity contribution in [3.05, 3.63) is 53.1 Å². The number of anilines is 2. The molecule has 8 heteroatoms. The average Bonchev–Trinajstić information content (AvgIpc) is 2.56.